The van der Waals surface area contributed by atoms with Crippen molar-refractivity contribution in [3.8, 4) is 22.4 Å². The van der Waals surface area contributed by atoms with Crippen molar-refractivity contribution >= 4 is 5.97 Å². The van der Waals surface area contributed by atoms with Gasteiger partial charge in [-0.3, -0.25) is 4.98 Å². The minimum Gasteiger partial charge on any atom is -0.462 e. The molecule has 0 N–H and O–H groups in total. The smallest absolute Gasteiger partial charge is 0.414 e. The molecule has 0 radical (unpaired) electrons. The van der Waals surface area contributed by atoms with Gasteiger partial charge in [0.05, 0.1) is 17.9 Å². The first-order chi connectivity index (χ1) is 22.3. The fourth-order valence-electron chi connectivity index (χ4n) is 5.35. The average molecular weight is 640 g/mol. The predicted molar refractivity (Wildman–Crippen MR) is 181 cm³/mol. The van der Waals surface area contributed by atoms with Gasteiger partial charge in [-0.25, -0.2) is 4.79 Å². The average Bonchev–Trinajstić information content (AvgIpc) is 3.06. The lowest BCUT2D eigenvalue weighted by Gasteiger charge is -2.16. The Balaban J connectivity index is 1.32. The molecule has 0 bridgehead atoms. The van der Waals surface area contributed by atoms with Crippen LogP contribution in [-0.4, -0.2) is 36.4 Å². The van der Waals surface area contributed by atoms with E-state index in [1.165, 1.54) is 69.8 Å². The van der Waals surface area contributed by atoms with Crippen LogP contribution in [0.4, 0.5) is 13.2 Å². The molecule has 0 fully saturated rings. The molecule has 3 aromatic rings. The lowest BCUT2D eigenvalue weighted by Crippen LogP contribution is -2.28. The molecular weight excluding hydrogens is 587 g/mol. The Morgan fingerprint density at radius 3 is 1.80 bits per heavy atom. The zero-order chi connectivity index (χ0) is 33.0. The molecule has 1 aromatic heterocycles. The number of nitrogens with zero attached hydrogens (tertiary/aromatic N) is 1. The third kappa shape index (κ3) is 14.1. The molecule has 0 aliphatic rings. The Labute approximate surface area is 274 Å². The highest BCUT2D eigenvalue weighted by Crippen LogP contribution is 2.25. The van der Waals surface area contributed by atoms with Crippen molar-refractivity contribution < 1.29 is 27.4 Å². The standard InChI is InChI=1S/C39H52F3NO3/c1-3-4-5-6-7-8-9-10-11-14-17-32-18-20-34(21-19-32)37-27-26-36(30-43-37)33-22-24-35(25-23-33)38(44)46-29-16-13-12-15-28-45-31(2)39(40,41)42/h18-27,30-31H,3-17,28-29H2,1-2H3. The molecule has 252 valence electrons. The zero-order valence-electron chi connectivity index (χ0n) is 27.8. The quantitative estimate of drug-likeness (QED) is 0.0811. The van der Waals surface area contributed by atoms with Crippen molar-refractivity contribution in [1.82, 2.24) is 4.98 Å². The number of benzene rings is 2. The number of aryl methyl sites for hydroxylation is 1. The number of esters is 1. The van der Waals surface area contributed by atoms with Gasteiger partial charge in [-0.15, -0.1) is 0 Å². The SMILES string of the molecule is CCCCCCCCCCCCc1ccc(-c2ccc(-c3ccc(C(=O)OCCCCCCOC(C)C(F)(F)F)cc3)cn2)cc1. The molecule has 0 aliphatic carbocycles. The Hall–Kier alpha value is -3.19. The molecule has 4 nitrogen and oxygen atoms in total. The first kappa shape index (κ1) is 37.3. The number of pyridine rings is 1. The minimum absolute atomic E-state index is 0.0671. The van der Waals surface area contributed by atoms with Crippen molar-refractivity contribution in [3.05, 3.63) is 78.0 Å². The summed E-state index contributed by atoms with van der Waals surface area (Å²) in [6.07, 6.45) is 13.1. The van der Waals surface area contributed by atoms with Crippen molar-refractivity contribution in [2.24, 2.45) is 0 Å². The third-order valence-electron chi connectivity index (χ3n) is 8.39. The number of ether oxygens (including phenoxy) is 2. The molecule has 0 saturated carbocycles. The monoisotopic (exact) mass is 639 g/mol. The number of carbonyl (C=O) groups is 1. The summed E-state index contributed by atoms with van der Waals surface area (Å²) < 4.78 is 47.5. The number of carbonyl (C=O) groups excluding carboxylic acids is 1. The number of alkyl halides is 3. The summed E-state index contributed by atoms with van der Waals surface area (Å²) >= 11 is 0. The molecule has 7 heteroatoms. The first-order valence-corrected chi connectivity index (χ1v) is 17.3. The van der Waals surface area contributed by atoms with E-state index in [1.54, 1.807) is 12.1 Å². The van der Waals surface area contributed by atoms with Crippen LogP contribution in [0.1, 0.15) is 120 Å². The summed E-state index contributed by atoms with van der Waals surface area (Å²) in [4.78, 5) is 17.1. The maximum Gasteiger partial charge on any atom is 0.414 e. The summed E-state index contributed by atoms with van der Waals surface area (Å²) in [5, 5.41) is 0. The van der Waals surface area contributed by atoms with Crippen LogP contribution in [0.15, 0.2) is 66.9 Å². The first-order valence-electron chi connectivity index (χ1n) is 17.3. The number of hydrogen-bond acceptors (Lipinski definition) is 4. The van der Waals surface area contributed by atoms with Crippen LogP contribution in [-0.2, 0) is 15.9 Å². The Morgan fingerprint density at radius 2 is 1.22 bits per heavy atom. The molecule has 1 unspecified atom stereocenters. The second-order valence-electron chi connectivity index (χ2n) is 12.2. The molecule has 1 atom stereocenters. The van der Waals surface area contributed by atoms with Crippen molar-refractivity contribution in [3.63, 3.8) is 0 Å². The van der Waals surface area contributed by atoms with E-state index >= 15 is 0 Å². The molecule has 0 spiro atoms. The van der Waals surface area contributed by atoms with E-state index in [2.05, 4.69) is 36.2 Å². The lowest BCUT2D eigenvalue weighted by atomic mass is 10.0. The number of halogens is 3. The van der Waals surface area contributed by atoms with E-state index in [4.69, 9.17) is 9.47 Å². The number of aromatic nitrogens is 1. The van der Waals surface area contributed by atoms with Gasteiger partial charge in [0.25, 0.3) is 0 Å². The summed E-state index contributed by atoms with van der Waals surface area (Å²) in [6.45, 7) is 3.62. The largest absolute Gasteiger partial charge is 0.462 e. The van der Waals surface area contributed by atoms with E-state index in [9.17, 15) is 18.0 Å². The van der Waals surface area contributed by atoms with E-state index in [0.717, 1.165) is 42.1 Å². The van der Waals surface area contributed by atoms with Crippen LogP contribution in [0.5, 0.6) is 0 Å². The molecule has 46 heavy (non-hydrogen) atoms. The van der Waals surface area contributed by atoms with Gasteiger partial charge >= 0.3 is 12.1 Å². The van der Waals surface area contributed by atoms with Crippen molar-refractivity contribution in [2.45, 2.75) is 122 Å². The zero-order valence-corrected chi connectivity index (χ0v) is 27.8. The van der Waals surface area contributed by atoms with Gasteiger partial charge in [0.1, 0.15) is 0 Å². The second-order valence-corrected chi connectivity index (χ2v) is 12.2. The number of rotatable bonds is 22. The van der Waals surface area contributed by atoms with Gasteiger partial charge in [0.15, 0.2) is 6.10 Å². The number of hydrogen-bond donors (Lipinski definition) is 0. The van der Waals surface area contributed by atoms with Crippen molar-refractivity contribution in [2.75, 3.05) is 13.2 Å². The Bertz CT molecular complexity index is 1240. The second kappa shape index (κ2) is 20.8. The van der Waals surface area contributed by atoms with Crippen LogP contribution in [0.25, 0.3) is 22.4 Å². The van der Waals surface area contributed by atoms with Gasteiger partial charge in [0.2, 0.25) is 0 Å². The topological polar surface area (TPSA) is 48.4 Å². The summed E-state index contributed by atoms with van der Waals surface area (Å²) in [6, 6.07) is 20.1. The van der Waals surface area contributed by atoms with E-state index in [0.29, 0.717) is 24.8 Å². The van der Waals surface area contributed by atoms with E-state index < -0.39 is 12.3 Å². The lowest BCUT2D eigenvalue weighted by molar-refractivity contribution is -0.214. The van der Waals surface area contributed by atoms with Crippen LogP contribution in [0.3, 0.4) is 0 Å². The van der Waals surface area contributed by atoms with Gasteiger partial charge in [0, 0.05) is 23.9 Å². The maximum atomic E-state index is 12.4. The summed E-state index contributed by atoms with van der Waals surface area (Å²) in [7, 11) is 0. The van der Waals surface area contributed by atoms with Crippen LogP contribution in [0, 0.1) is 0 Å². The molecule has 0 amide bonds. The summed E-state index contributed by atoms with van der Waals surface area (Å²) in [5.41, 5.74) is 5.81. The fourth-order valence-corrected chi connectivity index (χ4v) is 5.35. The van der Waals surface area contributed by atoms with Crippen LogP contribution < -0.4 is 0 Å². The van der Waals surface area contributed by atoms with E-state index in [1.807, 2.05) is 30.5 Å². The molecule has 3 rings (SSSR count). The summed E-state index contributed by atoms with van der Waals surface area (Å²) in [5.74, 6) is -0.390. The van der Waals surface area contributed by atoms with Gasteiger partial charge in [-0.2, -0.15) is 13.2 Å². The molecule has 0 saturated heterocycles. The molecule has 0 aliphatic heterocycles. The predicted octanol–water partition coefficient (Wildman–Crippen LogP) is 11.6. The Morgan fingerprint density at radius 1 is 0.674 bits per heavy atom. The third-order valence-corrected chi connectivity index (χ3v) is 8.39. The van der Waals surface area contributed by atoms with Crippen LogP contribution >= 0.6 is 0 Å². The van der Waals surface area contributed by atoms with Gasteiger partial charge in [-0.05, 0) is 68.4 Å². The molecular formula is C39H52F3NO3. The van der Waals surface area contributed by atoms with E-state index in [-0.39, 0.29) is 19.2 Å². The van der Waals surface area contributed by atoms with Crippen LogP contribution in [0.2, 0.25) is 0 Å². The minimum atomic E-state index is -4.33. The molecule has 1 heterocycles. The fraction of sp³-hybridized carbons (Fsp3) is 0.538. The normalized spacial score (nSPS) is 12.3. The molecule has 2 aromatic carbocycles. The van der Waals surface area contributed by atoms with Crippen molar-refractivity contribution in [1.29, 1.82) is 0 Å². The van der Waals surface area contributed by atoms with Gasteiger partial charge < -0.3 is 9.47 Å². The Kier molecular flexibility index (Phi) is 16.9. The highest BCUT2D eigenvalue weighted by Gasteiger charge is 2.36. The maximum absolute atomic E-state index is 12.4. The number of unbranched alkanes of at least 4 members (excludes halogenated alkanes) is 12. The highest BCUT2D eigenvalue weighted by atomic mass is 19.4. The van der Waals surface area contributed by atoms with Gasteiger partial charge in [-0.1, -0.05) is 114 Å². The highest BCUT2D eigenvalue weighted by molar-refractivity contribution is 5.90.